The topological polar surface area (TPSA) is 49.0 Å². The summed E-state index contributed by atoms with van der Waals surface area (Å²) in [6, 6.07) is 11.1. The number of nitrogens with zero attached hydrogens (tertiary/aromatic N) is 1. The highest BCUT2D eigenvalue weighted by Gasteiger charge is 2.17. The minimum Gasteiger partial charge on any atom is -0.372 e. The van der Waals surface area contributed by atoms with Crippen LogP contribution in [0.1, 0.15) is 38.3 Å². The van der Waals surface area contributed by atoms with Crippen molar-refractivity contribution in [3.63, 3.8) is 0 Å². The number of carbonyl (C=O) groups excluding carboxylic acids is 1. The van der Waals surface area contributed by atoms with E-state index in [0.717, 1.165) is 30.8 Å². The number of benzene rings is 2. The Hall–Kier alpha value is -2.47. The lowest BCUT2D eigenvalue weighted by Gasteiger charge is -2.32. The van der Waals surface area contributed by atoms with E-state index in [1.807, 2.05) is 24.3 Å². The SMILES string of the molecule is CC1CCN(c2ccc(NC(=O)C[NH2+][C@H](C)c3ccc(F)cc3F)cc2)CC1. The maximum Gasteiger partial charge on any atom is 0.279 e. The summed E-state index contributed by atoms with van der Waals surface area (Å²) < 4.78 is 26.8. The largest absolute Gasteiger partial charge is 0.372 e. The lowest BCUT2D eigenvalue weighted by atomic mass is 9.99. The molecule has 0 unspecified atom stereocenters. The third-order valence-electron chi connectivity index (χ3n) is 5.41. The second-order valence-corrected chi connectivity index (χ2v) is 7.66. The van der Waals surface area contributed by atoms with Crippen molar-refractivity contribution in [2.24, 2.45) is 5.92 Å². The number of carbonyl (C=O) groups is 1. The third kappa shape index (κ3) is 5.29. The van der Waals surface area contributed by atoms with E-state index < -0.39 is 11.6 Å². The molecule has 1 atom stereocenters. The van der Waals surface area contributed by atoms with Crippen molar-refractivity contribution >= 4 is 17.3 Å². The van der Waals surface area contributed by atoms with Gasteiger partial charge in [-0.2, -0.15) is 0 Å². The first-order valence-corrected chi connectivity index (χ1v) is 9.85. The van der Waals surface area contributed by atoms with E-state index >= 15 is 0 Å². The quantitative estimate of drug-likeness (QED) is 0.796. The molecular formula is C22H28F2N3O+. The van der Waals surface area contributed by atoms with Crippen molar-refractivity contribution in [1.29, 1.82) is 0 Å². The number of rotatable bonds is 6. The Morgan fingerprint density at radius 2 is 1.86 bits per heavy atom. The molecule has 1 aliphatic heterocycles. The fourth-order valence-corrected chi connectivity index (χ4v) is 3.52. The highest BCUT2D eigenvalue weighted by Crippen LogP contribution is 2.24. The number of hydrogen-bond donors (Lipinski definition) is 2. The van der Waals surface area contributed by atoms with Crippen molar-refractivity contribution in [2.75, 3.05) is 29.9 Å². The average Bonchev–Trinajstić information content (AvgIpc) is 2.67. The van der Waals surface area contributed by atoms with E-state index in [9.17, 15) is 13.6 Å². The predicted octanol–water partition coefficient (Wildman–Crippen LogP) is 3.46. The van der Waals surface area contributed by atoms with Gasteiger partial charge in [0.2, 0.25) is 0 Å². The van der Waals surface area contributed by atoms with Gasteiger partial charge in [-0.3, -0.25) is 4.79 Å². The van der Waals surface area contributed by atoms with E-state index in [1.54, 1.807) is 12.2 Å². The molecule has 150 valence electrons. The molecule has 1 saturated heterocycles. The molecule has 0 radical (unpaired) electrons. The Morgan fingerprint density at radius 1 is 1.18 bits per heavy atom. The van der Waals surface area contributed by atoms with Crippen molar-refractivity contribution in [2.45, 2.75) is 32.7 Å². The second kappa shape index (κ2) is 9.15. The summed E-state index contributed by atoms with van der Waals surface area (Å²) >= 11 is 0. The maximum atomic E-state index is 13.8. The molecule has 1 heterocycles. The van der Waals surface area contributed by atoms with Crippen molar-refractivity contribution < 1.29 is 18.9 Å². The van der Waals surface area contributed by atoms with E-state index in [1.165, 1.54) is 30.7 Å². The van der Waals surface area contributed by atoms with Crippen LogP contribution in [0.2, 0.25) is 0 Å². The van der Waals surface area contributed by atoms with Crippen LogP contribution in [-0.2, 0) is 4.79 Å². The Morgan fingerprint density at radius 3 is 2.50 bits per heavy atom. The van der Waals surface area contributed by atoms with Gasteiger partial charge >= 0.3 is 0 Å². The second-order valence-electron chi connectivity index (χ2n) is 7.66. The predicted molar refractivity (Wildman–Crippen MR) is 107 cm³/mol. The molecule has 4 nitrogen and oxygen atoms in total. The molecule has 0 saturated carbocycles. The monoisotopic (exact) mass is 388 g/mol. The third-order valence-corrected chi connectivity index (χ3v) is 5.41. The van der Waals surface area contributed by atoms with Crippen LogP contribution < -0.4 is 15.5 Å². The molecule has 2 aromatic carbocycles. The van der Waals surface area contributed by atoms with Gasteiger partial charge in [0.15, 0.2) is 6.54 Å². The summed E-state index contributed by atoms with van der Waals surface area (Å²) in [6.07, 6.45) is 2.42. The molecule has 0 aliphatic carbocycles. The number of amides is 1. The Balaban J connectivity index is 1.49. The average molecular weight is 388 g/mol. The maximum absolute atomic E-state index is 13.8. The molecule has 0 bridgehead atoms. The van der Waals surface area contributed by atoms with E-state index in [-0.39, 0.29) is 18.5 Å². The van der Waals surface area contributed by atoms with E-state index in [2.05, 4.69) is 17.1 Å². The van der Waals surface area contributed by atoms with Gasteiger partial charge in [-0.1, -0.05) is 6.92 Å². The van der Waals surface area contributed by atoms with E-state index in [4.69, 9.17) is 0 Å². The van der Waals surface area contributed by atoms with Gasteiger partial charge in [0.25, 0.3) is 5.91 Å². The van der Waals surface area contributed by atoms with Gasteiger partial charge < -0.3 is 15.5 Å². The van der Waals surface area contributed by atoms with Crippen LogP contribution in [0.3, 0.4) is 0 Å². The van der Waals surface area contributed by atoms with Gasteiger partial charge in [0, 0.05) is 36.1 Å². The van der Waals surface area contributed by atoms with Gasteiger partial charge in [-0.05, 0) is 62.1 Å². The highest BCUT2D eigenvalue weighted by molar-refractivity contribution is 5.91. The van der Waals surface area contributed by atoms with Crippen molar-refractivity contribution in [3.8, 4) is 0 Å². The fourth-order valence-electron chi connectivity index (χ4n) is 3.52. The standard InChI is InChI=1S/C22H27F2N3O/c1-15-9-11-27(12-10-15)19-6-4-18(5-7-19)26-22(28)14-25-16(2)20-8-3-17(23)13-21(20)24/h3-8,13,15-16,25H,9-12,14H2,1-2H3,(H,26,28)/p+1/t16-/m1/s1. The van der Waals surface area contributed by atoms with Gasteiger partial charge in [-0.25, -0.2) is 8.78 Å². The minimum absolute atomic E-state index is 0.156. The first-order valence-electron chi connectivity index (χ1n) is 9.85. The zero-order valence-corrected chi connectivity index (χ0v) is 16.4. The number of nitrogens with one attached hydrogen (secondary N) is 1. The number of piperidine rings is 1. The van der Waals surface area contributed by atoms with Gasteiger partial charge in [0.1, 0.15) is 17.7 Å². The summed E-state index contributed by atoms with van der Waals surface area (Å²) in [5.74, 6) is -0.564. The molecule has 0 spiro atoms. The highest BCUT2D eigenvalue weighted by atomic mass is 19.1. The van der Waals surface area contributed by atoms with Crippen LogP contribution >= 0.6 is 0 Å². The number of anilines is 2. The molecule has 28 heavy (non-hydrogen) atoms. The van der Waals surface area contributed by atoms with Gasteiger partial charge in [0.05, 0.1) is 0 Å². The summed E-state index contributed by atoms with van der Waals surface area (Å²) in [7, 11) is 0. The molecule has 1 amide bonds. The fraction of sp³-hybridized carbons (Fsp3) is 0.409. The zero-order chi connectivity index (χ0) is 20.1. The van der Waals surface area contributed by atoms with Crippen molar-refractivity contribution in [3.05, 3.63) is 59.7 Å². The first-order chi connectivity index (χ1) is 13.4. The van der Waals surface area contributed by atoms with Crippen LogP contribution in [0.25, 0.3) is 0 Å². The smallest absolute Gasteiger partial charge is 0.279 e. The van der Waals surface area contributed by atoms with Crippen LogP contribution in [0.4, 0.5) is 20.2 Å². The summed E-state index contributed by atoms with van der Waals surface area (Å²) in [5.41, 5.74) is 2.31. The van der Waals surface area contributed by atoms with Crippen LogP contribution in [0.5, 0.6) is 0 Å². The zero-order valence-electron chi connectivity index (χ0n) is 16.4. The summed E-state index contributed by atoms with van der Waals surface area (Å²) in [4.78, 5) is 14.6. The molecular weight excluding hydrogens is 360 g/mol. The molecule has 1 fully saturated rings. The summed E-state index contributed by atoms with van der Waals surface area (Å²) in [5, 5.41) is 4.60. The molecule has 2 aromatic rings. The minimum atomic E-state index is -0.603. The normalized spacial score (nSPS) is 16.1. The number of quaternary nitrogens is 1. The Labute approximate surface area is 164 Å². The van der Waals surface area contributed by atoms with Crippen molar-refractivity contribution in [1.82, 2.24) is 0 Å². The lowest BCUT2D eigenvalue weighted by Crippen LogP contribution is -2.86. The van der Waals surface area contributed by atoms with Crippen LogP contribution in [0.15, 0.2) is 42.5 Å². The van der Waals surface area contributed by atoms with E-state index in [0.29, 0.717) is 5.56 Å². The molecule has 3 rings (SSSR count). The first kappa shape index (κ1) is 20.3. The Bertz CT molecular complexity index is 802. The number of halogens is 2. The molecule has 3 N–H and O–H groups in total. The number of hydrogen-bond acceptors (Lipinski definition) is 2. The van der Waals surface area contributed by atoms with Gasteiger partial charge in [-0.15, -0.1) is 0 Å². The molecule has 0 aromatic heterocycles. The van der Waals surface area contributed by atoms with Crippen LogP contribution in [-0.4, -0.2) is 25.5 Å². The molecule has 6 heteroatoms. The lowest BCUT2D eigenvalue weighted by molar-refractivity contribution is -0.682. The number of nitrogens with two attached hydrogens (primary N) is 1. The molecule has 1 aliphatic rings. The Kier molecular flexibility index (Phi) is 6.62. The van der Waals surface area contributed by atoms with Crippen LogP contribution in [0, 0.1) is 17.6 Å². The summed E-state index contributed by atoms with van der Waals surface area (Å²) in [6.45, 7) is 6.37.